The van der Waals surface area contributed by atoms with Crippen LogP contribution < -0.4 is 10.2 Å². The summed E-state index contributed by atoms with van der Waals surface area (Å²) >= 11 is 0. The van der Waals surface area contributed by atoms with Crippen LogP contribution in [0.1, 0.15) is 16.8 Å². The first-order valence-corrected chi connectivity index (χ1v) is 7.65. The molecule has 0 spiro atoms. The van der Waals surface area contributed by atoms with Crippen molar-refractivity contribution >= 4 is 17.8 Å². The summed E-state index contributed by atoms with van der Waals surface area (Å²) in [5, 5.41) is 12.4. The first-order chi connectivity index (χ1) is 10.8. The summed E-state index contributed by atoms with van der Waals surface area (Å²) in [4.78, 5) is 6.87. The maximum atomic E-state index is 9.03. The number of aliphatic hydroxyl groups is 1. The maximum Gasteiger partial charge on any atom is 0.0681 e. The number of piperazine rings is 1. The molecular weight excluding hydrogens is 274 g/mol. The van der Waals surface area contributed by atoms with Crippen molar-refractivity contribution in [3.8, 4) is 0 Å². The lowest BCUT2D eigenvalue weighted by Gasteiger charge is -2.29. The third-order valence-electron chi connectivity index (χ3n) is 3.86. The molecule has 2 heterocycles. The van der Waals surface area contributed by atoms with E-state index in [0.29, 0.717) is 0 Å². The molecule has 1 aliphatic heterocycles. The van der Waals surface area contributed by atoms with Gasteiger partial charge in [-0.25, -0.2) is 0 Å². The van der Waals surface area contributed by atoms with E-state index in [-0.39, 0.29) is 6.61 Å². The molecule has 2 aromatic rings. The van der Waals surface area contributed by atoms with E-state index >= 15 is 0 Å². The number of aliphatic hydroxyl groups excluding tert-OH is 1. The van der Waals surface area contributed by atoms with Gasteiger partial charge < -0.3 is 15.3 Å². The zero-order valence-corrected chi connectivity index (χ0v) is 12.6. The van der Waals surface area contributed by atoms with Crippen LogP contribution in [-0.2, 0) is 6.61 Å². The minimum Gasteiger partial charge on any atom is -0.392 e. The second kappa shape index (κ2) is 7.20. The van der Waals surface area contributed by atoms with Crippen molar-refractivity contribution in [3.05, 3.63) is 59.4 Å². The molecule has 1 saturated heterocycles. The highest BCUT2D eigenvalue weighted by atomic mass is 16.3. The number of anilines is 1. The maximum absolute atomic E-state index is 9.03. The predicted octanol–water partition coefficient (Wildman–Crippen LogP) is 2.15. The summed E-state index contributed by atoms with van der Waals surface area (Å²) in [6.45, 7) is 4.22. The van der Waals surface area contributed by atoms with E-state index < -0.39 is 0 Å². The van der Waals surface area contributed by atoms with Crippen molar-refractivity contribution in [1.82, 2.24) is 10.3 Å². The normalized spacial score (nSPS) is 15.4. The van der Waals surface area contributed by atoms with E-state index in [9.17, 15) is 0 Å². The van der Waals surface area contributed by atoms with Crippen molar-refractivity contribution in [2.45, 2.75) is 6.61 Å². The highest BCUT2D eigenvalue weighted by Gasteiger charge is 2.09. The Morgan fingerprint density at radius 3 is 2.45 bits per heavy atom. The standard InChI is InChI=1S/C18H21N3O/c22-14-16-3-1-15(2-4-16)5-6-17-7-8-18(13-20-17)21-11-9-19-10-12-21/h1-8,13,19,22H,9-12,14H2. The Morgan fingerprint density at radius 2 is 1.82 bits per heavy atom. The molecule has 0 amide bonds. The smallest absolute Gasteiger partial charge is 0.0681 e. The van der Waals surface area contributed by atoms with E-state index in [1.54, 1.807) is 0 Å². The zero-order valence-electron chi connectivity index (χ0n) is 12.6. The molecule has 1 aromatic heterocycles. The Balaban J connectivity index is 1.65. The first kappa shape index (κ1) is 14.8. The van der Waals surface area contributed by atoms with Crippen molar-refractivity contribution < 1.29 is 5.11 Å². The van der Waals surface area contributed by atoms with Crippen LogP contribution in [0.15, 0.2) is 42.6 Å². The van der Waals surface area contributed by atoms with Crippen LogP contribution in [0.25, 0.3) is 12.2 Å². The molecule has 22 heavy (non-hydrogen) atoms. The van der Waals surface area contributed by atoms with Gasteiger partial charge in [0.15, 0.2) is 0 Å². The number of benzene rings is 1. The van der Waals surface area contributed by atoms with Gasteiger partial charge in [0.2, 0.25) is 0 Å². The second-order valence-corrected chi connectivity index (χ2v) is 5.41. The van der Waals surface area contributed by atoms with Gasteiger partial charge in [0.1, 0.15) is 0 Å². The fourth-order valence-electron chi connectivity index (χ4n) is 2.52. The van der Waals surface area contributed by atoms with Crippen LogP contribution in [0.2, 0.25) is 0 Å². The summed E-state index contributed by atoms with van der Waals surface area (Å²) < 4.78 is 0. The number of rotatable bonds is 4. The van der Waals surface area contributed by atoms with Gasteiger partial charge in [-0.1, -0.05) is 30.3 Å². The molecule has 0 radical (unpaired) electrons. The largest absolute Gasteiger partial charge is 0.392 e. The molecule has 0 aliphatic carbocycles. The molecular formula is C18H21N3O. The third kappa shape index (κ3) is 3.72. The van der Waals surface area contributed by atoms with Crippen LogP contribution in [-0.4, -0.2) is 36.3 Å². The van der Waals surface area contributed by atoms with Gasteiger partial charge in [-0.2, -0.15) is 0 Å². The minimum absolute atomic E-state index is 0.0824. The molecule has 0 bridgehead atoms. The van der Waals surface area contributed by atoms with Gasteiger partial charge in [0, 0.05) is 26.2 Å². The lowest BCUT2D eigenvalue weighted by molar-refractivity contribution is 0.282. The predicted molar refractivity (Wildman–Crippen MR) is 90.6 cm³/mol. The number of nitrogens with zero attached hydrogens (tertiary/aromatic N) is 2. The van der Waals surface area contributed by atoms with Gasteiger partial charge in [0.25, 0.3) is 0 Å². The number of pyridine rings is 1. The lowest BCUT2D eigenvalue weighted by Crippen LogP contribution is -2.43. The summed E-state index contributed by atoms with van der Waals surface area (Å²) in [6.07, 6.45) is 5.99. The second-order valence-electron chi connectivity index (χ2n) is 5.41. The number of nitrogens with one attached hydrogen (secondary N) is 1. The summed E-state index contributed by atoms with van der Waals surface area (Å²) in [5.41, 5.74) is 4.16. The highest BCUT2D eigenvalue weighted by Crippen LogP contribution is 2.15. The third-order valence-corrected chi connectivity index (χ3v) is 3.86. The van der Waals surface area contributed by atoms with Crippen molar-refractivity contribution in [2.75, 3.05) is 31.1 Å². The Kier molecular flexibility index (Phi) is 4.83. The SMILES string of the molecule is OCc1ccc(C=Cc2ccc(N3CCNCC3)cn2)cc1. The van der Waals surface area contributed by atoms with Crippen LogP contribution >= 0.6 is 0 Å². The van der Waals surface area contributed by atoms with Crippen molar-refractivity contribution in [3.63, 3.8) is 0 Å². The average Bonchev–Trinajstić information content (AvgIpc) is 2.61. The van der Waals surface area contributed by atoms with Crippen LogP contribution in [0.4, 0.5) is 5.69 Å². The highest BCUT2D eigenvalue weighted by molar-refractivity contribution is 5.68. The lowest BCUT2D eigenvalue weighted by atomic mass is 10.1. The first-order valence-electron chi connectivity index (χ1n) is 7.65. The van der Waals surface area contributed by atoms with Gasteiger partial charge in [-0.3, -0.25) is 4.98 Å². The Hall–Kier alpha value is -2.17. The average molecular weight is 295 g/mol. The van der Waals surface area contributed by atoms with E-state index in [4.69, 9.17) is 5.11 Å². The van der Waals surface area contributed by atoms with Crippen LogP contribution in [0, 0.1) is 0 Å². The summed E-state index contributed by atoms with van der Waals surface area (Å²) in [6, 6.07) is 12.0. The van der Waals surface area contributed by atoms with Gasteiger partial charge >= 0.3 is 0 Å². The molecule has 0 atom stereocenters. The van der Waals surface area contributed by atoms with Crippen molar-refractivity contribution in [1.29, 1.82) is 0 Å². The van der Waals surface area contributed by atoms with E-state index in [1.807, 2.05) is 42.6 Å². The molecule has 114 valence electrons. The molecule has 1 aliphatic rings. The fourth-order valence-corrected chi connectivity index (χ4v) is 2.52. The van der Waals surface area contributed by atoms with Gasteiger partial charge in [-0.05, 0) is 29.3 Å². The molecule has 1 aromatic carbocycles. The van der Waals surface area contributed by atoms with E-state index in [1.165, 1.54) is 5.69 Å². The Bertz CT molecular complexity index is 614. The molecule has 0 saturated carbocycles. The molecule has 3 rings (SSSR count). The minimum atomic E-state index is 0.0824. The molecule has 4 nitrogen and oxygen atoms in total. The molecule has 2 N–H and O–H groups in total. The number of hydrogen-bond donors (Lipinski definition) is 2. The molecule has 4 heteroatoms. The number of hydrogen-bond acceptors (Lipinski definition) is 4. The van der Waals surface area contributed by atoms with Crippen LogP contribution in [0.5, 0.6) is 0 Å². The summed E-state index contributed by atoms with van der Waals surface area (Å²) in [5.74, 6) is 0. The van der Waals surface area contributed by atoms with Crippen molar-refractivity contribution in [2.24, 2.45) is 0 Å². The topological polar surface area (TPSA) is 48.4 Å². The van der Waals surface area contributed by atoms with Gasteiger partial charge in [0.05, 0.1) is 24.2 Å². The van der Waals surface area contributed by atoms with Crippen LogP contribution in [0.3, 0.4) is 0 Å². The monoisotopic (exact) mass is 295 g/mol. The quantitative estimate of drug-likeness (QED) is 0.907. The van der Waals surface area contributed by atoms with E-state index in [0.717, 1.165) is 43.0 Å². The zero-order chi connectivity index (χ0) is 15.2. The Labute approximate surface area is 131 Å². The number of aromatic nitrogens is 1. The van der Waals surface area contributed by atoms with E-state index in [2.05, 4.69) is 27.3 Å². The van der Waals surface area contributed by atoms with Gasteiger partial charge in [-0.15, -0.1) is 0 Å². The molecule has 0 unspecified atom stereocenters. The Morgan fingerprint density at radius 1 is 1.05 bits per heavy atom. The molecule has 1 fully saturated rings. The summed E-state index contributed by atoms with van der Waals surface area (Å²) in [7, 11) is 0. The fraction of sp³-hybridized carbons (Fsp3) is 0.278.